The van der Waals surface area contributed by atoms with Crippen molar-refractivity contribution in [3.05, 3.63) is 0 Å². The van der Waals surface area contributed by atoms with Crippen LogP contribution in [0.3, 0.4) is 0 Å². The van der Waals surface area contributed by atoms with Gasteiger partial charge < -0.3 is 0 Å². The average Bonchev–Trinajstić information content (AvgIpc) is 1.60. The predicted octanol–water partition coefficient (Wildman–Crippen LogP) is 32.2. The Balaban J connectivity index is 0.000000102. The van der Waals surface area contributed by atoms with E-state index in [1.807, 2.05) is 13.8 Å². The number of fused-ring (bicyclic) bond motifs is 21. The Hall–Kier alpha value is 0. The first-order chi connectivity index (χ1) is 49.5. The van der Waals surface area contributed by atoms with Crippen LogP contribution in [-0.2, 0) is 0 Å². The van der Waals surface area contributed by atoms with Crippen molar-refractivity contribution < 1.29 is 0 Å². The minimum atomic E-state index is 0.559. The molecular weight excluding hydrogens is 1270 g/mol. The molecule has 25 saturated carbocycles. The molecule has 25 aliphatic carbocycles. The Bertz CT molecular complexity index is 2790. The van der Waals surface area contributed by atoms with Crippen molar-refractivity contribution >= 4 is 0 Å². The van der Waals surface area contributed by atoms with E-state index in [9.17, 15) is 0 Å². The van der Waals surface area contributed by atoms with Gasteiger partial charge in [-0.05, 0) is 449 Å². The molecule has 0 saturated heterocycles. The Morgan fingerprint density at radius 1 is 0.236 bits per heavy atom. The van der Waals surface area contributed by atoms with Crippen LogP contribution in [0.4, 0.5) is 0 Å². The average molecular weight is 1460 g/mol. The molecule has 0 aromatic rings. The van der Waals surface area contributed by atoms with E-state index in [1.54, 1.807) is 193 Å². The highest BCUT2D eigenvalue weighted by Gasteiger charge is 2.66. The summed E-state index contributed by atoms with van der Waals surface area (Å²) >= 11 is 0. The summed E-state index contributed by atoms with van der Waals surface area (Å²) in [7, 11) is 0. The Labute approximate surface area is 663 Å². The van der Waals surface area contributed by atoms with Crippen LogP contribution in [0.5, 0.6) is 0 Å². The minimum absolute atomic E-state index is 0.559. The molecule has 0 nitrogen and oxygen atoms in total. The number of rotatable bonds is 0. The van der Waals surface area contributed by atoms with E-state index in [0.29, 0.717) is 37.9 Å². The summed E-state index contributed by atoms with van der Waals surface area (Å²) in [5.41, 5.74) is 6.23. The van der Waals surface area contributed by atoms with Gasteiger partial charge in [0, 0.05) is 0 Å². The number of hydrogen-bond acceptors (Lipinski definition) is 0. The molecule has 26 atom stereocenters. The SMILES string of the molecule is CC.CC(C)(C)C12CC3CC(CC(C3)C1)C2.CC(C)(C)C12CC3CC(CC1C3)C2.CC(C)(C)C1CC2CC1C1C3CCC(C3)C21.CC(C)(C)C1CC2CC1C1CCCC21.CC(C)(C)C1CC2CC1C1CCCCC21.CC(C)(C)C1CC2CCC1C2.CC(C)(C)C1CCCCC1.CC1(C)C2CC3CC(C2)C1C3. The second kappa shape index (κ2) is 30.5. The summed E-state index contributed by atoms with van der Waals surface area (Å²) in [6.07, 6.45) is 62.3. The summed E-state index contributed by atoms with van der Waals surface area (Å²) in [6.45, 7) is 60.6. The largest absolute Gasteiger partial charge is 0.0683 e. The zero-order chi connectivity index (χ0) is 76.2. The molecule has 25 rings (SSSR count). The van der Waals surface area contributed by atoms with Crippen LogP contribution in [-0.4, -0.2) is 0 Å². The monoisotopic (exact) mass is 1460 g/mol. The summed E-state index contributed by atoms with van der Waals surface area (Å²) in [5, 5.41) is 0. The summed E-state index contributed by atoms with van der Waals surface area (Å²) in [6, 6.07) is 0. The van der Waals surface area contributed by atoms with Crippen LogP contribution in [0.25, 0.3) is 0 Å². The Morgan fingerprint density at radius 2 is 0.660 bits per heavy atom. The van der Waals surface area contributed by atoms with Gasteiger partial charge in [-0.2, -0.15) is 0 Å². The summed E-state index contributed by atoms with van der Waals surface area (Å²) in [4.78, 5) is 0. The highest BCUT2D eigenvalue weighted by molar-refractivity contribution is 5.15. The second-order valence-corrected chi connectivity index (χ2v) is 53.4. The maximum Gasteiger partial charge on any atom is -0.0215 e. The van der Waals surface area contributed by atoms with Gasteiger partial charge in [-0.15, -0.1) is 0 Å². The molecule has 25 aliphatic rings. The minimum Gasteiger partial charge on any atom is -0.0683 e. The molecule has 0 aliphatic heterocycles. The summed E-state index contributed by atoms with van der Waals surface area (Å²) in [5.74, 6) is 34.7. The predicted molar refractivity (Wildman–Crippen MR) is 459 cm³/mol. The standard InChI is InChI=1S/C16H26.C15H26.2C14H24.C13H22.C11H18.C11H20.C10H20.C2H6/c1-16(2,3)13-8-11-7-12(13)15-10-5-4-9(6-10)14(11)15;1-15(2,3)14-9-10-8-13(14)12-7-5-4-6-11(10)12;1-13(2,3)14-7-10-4-11(8-14)6-12(5-10)9-14;1-14(2,3)13-8-9-7-12(13)11-6-4-5-10(9)11;1-12(2,3)13-7-9-4-10(8-13)6-11(13)5-9;1-11(2)9-4-7-3-8(6-9)10(11)5-7;1-11(2,3)10-7-8-4-5-9(10)6-8;1-10(2,3)9-7-5-4-6-8-9;1-2/h9-15H,4-8H2,1-3H3;10-14H,4-9H2,1-3H3;10-12H,4-9H2,1-3H3;9-13H,4-8H2,1-3H3;9-11H,4-8H2,1-3H3;7-10H,3-6H2,1-2H3;8-10H,4-7H2,1-3H3;9H,4-8H2,1-3H3;1-2H3. The smallest absolute Gasteiger partial charge is 0.0215 e. The fourth-order valence-electron chi connectivity index (χ4n) is 36.6. The van der Waals surface area contributed by atoms with E-state index in [2.05, 4.69) is 159 Å². The number of hydrogen-bond donors (Lipinski definition) is 0. The Morgan fingerprint density at radius 3 is 1.08 bits per heavy atom. The third kappa shape index (κ3) is 16.1. The molecule has 0 spiro atoms. The fourth-order valence-corrected chi connectivity index (χ4v) is 36.6. The molecule has 610 valence electrons. The van der Waals surface area contributed by atoms with Gasteiger partial charge in [0.1, 0.15) is 0 Å². The van der Waals surface area contributed by atoms with E-state index in [4.69, 9.17) is 0 Å². The normalized spacial score (nSPS) is 48.5. The molecule has 0 radical (unpaired) electrons. The van der Waals surface area contributed by atoms with Gasteiger partial charge in [0.05, 0.1) is 0 Å². The van der Waals surface area contributed by atoms with Gasteiger partial charge in [0.15, 0.2) is 0 Å². The van der Waals surface area contributed by atoms with Crippen LogP contribution in [0, 0.1) is 238 Å². The van der Waals surface area contributed by atoms with Crippen molar-refractivity contribution in [2.75, 3.05) is 0 Å². The zero-order valence-corrected chi connectivity index (χ0v) is 76.2. The van der Waals surface area contributed by atoms with Crippen LogP contribution in [0.2, 0.25) is 0 Å². The Kier molecular flexibility index (Phi) is 23.7. The van der Waals surface area contributed by atoms with Gasteiger partial charge in [-0.25, -0.2) is 0 Å². The van der Waals surface area contributed by atoms with Crippen molar-refractivity contribution in [1.82, 2.24) is 0 Å². The maximum atomic E-state index is 2.52. The van der Waals surface area contributed by atoms with E-state index in [1.165, 1.54) is 87.9 Å². The van der Waals surface area contributed by atoms with E-state index >= 15 is 0 Å². The van der Waals surface area contributed by atoms with Crippen molar-refractivity contribution in [2.45, 2.75) is 430 Å². The van der Waals surface area contributed by atoms with E-state index < -0.39 is 0 Å². The molecule has 25 fully saturated rings. The first-order valence-corrected chi connectivity index (χ1v) is 49.5. The lowest BCUT2D eigenvalue weighted by molar-refractivity contribution is -0.113. The van der Waals surface area contributed by atoms with Crippen LogP contribution in [0.1, 0.15) is 430 Å². The van der Waals surface area contributed by atoms with Gasteiger partial charge in [-0.1, -0.05) is 218 Å². The lowest BCUT2D eigenvalue weighted by atomic mass is 9.43. The molecule has 106 heavy (non-hydrogen) atoms. The third-order valence-electron chi connectivity index (χ3n) is 41.0. The first kappa shape index (κ1) is 82.5. The second-order valence-electron chi connectivity index (χ2n) is 53.4. The summed E-state index contributed by atoms with van der Waals surface area (Å²) < 4.78 is 0. The lowest BCUT2D eigenvalue weighted by Gasteiger charge is -2.62. The molecule has 0 heteroatoms. The zero-order valence-electron chi connectivity index (χ0n) is 76.2. The van der Waals surface area contributed by atoms with Crippen molar-refractivity contribution in [3.8, 4) is 0 Å². The molecule has 22 bridgehead atoms. The van der Waals surface area contributed by atoms with Crippen molar-refractivity contribution in [3.63, 3.8) is 0 Å². The highest BCUT2D eigenvalue weighted by Crippen LogP contribution is 2.74. The quantitative estimate of drug-likeness (QED) is 0.212. The van der Waals surface area contributed by atoms with Crippen LogP contribution in [0.15, 0.2) is 0 Å². The van der Waals surface area contributed by atoms with Crippen LogP contribution < -0.4 is 0 Å². The lowest BCUT2D eigenvalue weighted by Crippen LogP contribution is -2.51. The molecule has 0 N–H and O–H groups in total. The molecule has 0 heterocycles. The van der Waals surface area contributed by atoms with Gasteiger partial charge in [-0.3, -0.25) is 0 Å². The van der Waals surface area contributed by atoms with Gasteiger partial charge >= 0.3 is 0 Å². The fraction of sp³-hybridized carbons (Fsp3) is 1.00. The molecule has 0 aromatic carbocycles. The first-order valence-electron chi connectivity index (χ1n) is 49.5. The van der Waals surface area contributed by atoms with E-state index in [0.717, 1.165) is 176 Å². The van der Waals surface area contributed by atoms with Crippen LogP contribution >= 0.6 is 0 Å². The van der Waals surface area contributed by atoms with Crippen molar-refractivity contribution in [2.24, 2.45) is 238 Å². The highest BCUT2D eigenvalue weighted by atomic mass is 14.7. The van der Waals surface area contributed by atoms with Gasteiger partial charge in [0.25, 0.3) is 0 Å². The van der Waals surface area contributed by atoms with Gasteiger partial charge in [0.2, 0.25) is 0 Å². The molecule has 0 amide bonds. The van der Waals surface area contributed by atoms with Crippen molar-refractivity contribution in [1.29, 1.82) is 0 Å². The molecular formula is C106H186. The topological polar surface area (TPSA) is 0 Å². The maximum absolute atomic E-state index is 2.52. The molecule has 26 unspecified atom stereocenters. The third-order valence-corrected chi connectivity index (χ3v) is 41.0. The van der Waals surface area contributed by atoms with E-state index in [-0.39, 0.29) is 0 Å². The molecule has 0 aromatic heterocycles.